The van der Waals surface area contributed by atoms with Crippen LogP contribution in [0.5, 0.6) is 0 Å². The number of nitrogens with zero attached hydrogens (tertiary/aromatic N) is 2. The average Bonchev–Trinajstić information content (AvgIpc) is 2.93. The molecule has 0 aliphatic heterocycles. The van der Waals surface area contributed by atoms with E-state index in [1.807, 2.05) is 6.92 Å². The molecule has 5 heteroatoms. The lowest BCUT2D eigenvalue weighted by Crippen LogP contribution is -2.12. The van der Waals surface area contributed by atoms with Crippen LogP contribution in [0.25, 0.3) is 11.3 Å². The molecule has 0 unspecified atom stereocenters. The number of aromatic amines is 1. The van der Waals surface area contributed by atoms with Crippen LogP contribution in [0.3, 0.4) is 0 Å². The Morgan fingerprint density at radius 2 is 2.31 bits per heavy atom. The van der Waals surface area contributed by atoms with Crippen LogP contribution in [-0.2, 0) is 7.05 Å². The van der Waals surface area contributed by atoms with Gasteiger partial charge in [0.2, 0.25) is 0 Å². The van der Waals surface area contributed by atoms with Crippen molar-refractivity contribution in [1.29, 1.82) is 0 Å². The topological polar surface area (TPSA) is 63.8 Å². The van der Waals surface area contributed by atoms with Crippen molar-refractivity contribution in [1.82, 2.24) is 14.8 Å². The fourth-order valence-corrected chi connectivity index (χ4v) is 1.90. The van der Waals surface area contributed by atoms with Crippen molar-refractivity contribution in [2.24, 2.45) is 7.05 Å². The number of H-pyrrole nitrogens is 1. The number of rotatable bonds is 2. The lowest BCUT2D eigenvalue weighted by atomic mass is 10.2. The Morgan fingerprint density at radius 3 is 2.88 bits per heavy atom. The van der Waals surface area contributed by atoms with E-state index in [4.69, 9.17) is 4.42 Å². The summed E-state index contributed by atoms with van der Waals surface area (Å²) in [6.07, 6.45) is 3.93. The maximum absolute atomic E-state index is 11.8. The molecule has 1 aliphatic rings. The normalized spacial score (nSPS) is 15.6. The van der Waals surface area contributed by atoms with Crippen molar-refractivity contribution < 1.29 is 4.42 Å². The molecule has 0 atom stereocenters. The van der Waals surface area contributed by atoms with Gasteiger partial charge in [-0.3, -0.25) is 14.6 Å². The quantitative estimate of drug-likeness (QED) is 0.833. The van der Waals surface area contributed by atoms with E-state index in [9.17, 15) is 4.79 Å². The minimum Gasteiger partial charge on any atom is -0.440 e. The third-order valence-corrected chi connectivity index (χ3v) is 2.93. The highest BCUT2D eigenvalue weighted by molar-refractivity contribution is 5.58. The molecule has 1 N–H and O–H groups in total. The van der Waals surface area contributed by atoms with Crippen molar-refractivity contribution in [2.45, 2.75) is 25.7 Å². The number of oxazole rings is 1. The van der Waals surface area contributed by atoms with Crippen LogP contribution >= 0.6 is 0 Å². The molecule has 84 valence electrons. The molecule has 2 heterocycles. The molecule has 0 bridgehead atoms. The predicted molar refractivity (Wildman–Crippen MR) is 58.2 cm³/mol. The molecule has 0 aromatic carbocycles. The molecule has 1 saturated carbocycles. The van der Waals surface area contributed by atoms with E-state index in [0.717, 1.165) is 24.4 Å². The molecule has 0 amide bonds. The summed E-state index contributed by atoms with van der Waals surface area (Å²) in [5.41, 5.74) is 1.32. The lowest BCUT2D eigenvalue weighted by Gasteiger charge is -1.90. The maximum atomic E-state index is 11.8. The van der Waals surface area contributed by atoms with Gasteiger partial charge in [0.25, 0.3) is 5.56 Å². The summed E-state index contributed by atoms with van der Waals surface area (Å²) in [4.78, 5) is 16.0. The fourth-order valence-electron chi connectivity index (χ4n) is 1.90. The second-order valence-corrected chi connectivity index (χ2v) is 4.31. The first-order chi connectivity index (χ1) is 7.66. The van der Waals surface area contributed by atoms with Crippen LogP contribution in [-0.4, -0.2) is 14.8 Å². The molecule has 2 aromatic heterocycles. The number of hydrogen-bond donors (Lipinski definition) is 1. The minimum absolute atomic E-state index is 0.0732. The van der Waals surface area contributed by atoms with E-state index < -0.39 is 0 Å². The highest BCUT2D eigenvalue weighted by atomic mass is 16.4. The zero-order chi connectivity index (χ0) is 11.3. The third kappa shape index (κ3) is 1.31. The summed E-state index contributed by atoms with van der Waals surface area (Å²) >= 11 is 0. The number of aryl methyl sites for hydroxylation is 2. The summed E-state index contributed by atoms with van der Waals surface area (Å²) in [5.74, 6) is 1.80. The van der Waals surface area contributed by atoms with Gasteiger partial charge in [0.1, 0.15) is 5.56 Å². The number of hydrogen-bond acceptors (Lipinski definition) is 3. The Morgan fingerprint density at radius 1 is 1.56 bits per heavy atom. The van der Waals surface area contributed by atoms with Crippen LogP contribution in [0.4, 0.5) is 0 Å². The molecule has 1 aliphatic carbocycles. The van der Waals surface area contributed by atoms with Gasteiger partial charge >= 0.3 is 0 Å². The molecule has 3 rings (SSSR count). The predicted octanol–water partition coefficient (Wildman–Crippen LogP) is 1.55. The summed E-state index contributed by atoms with van der Waals surface area (Å²) in [5, 5.41) is 2.94. The fraction of sp³-hybridized carbons (Fsp3) is 0.455. The number of aromatic nitrogens is 3. The Bertz CT molecular complexity index is 587. The van der Waals surface area contributed by atoms with Gasteiger partial charge in [-0.1, -0.05) is 0 Å². The van der Waals surface area contributed by atoms with Crippen LogP contribution in [0, 0.1) is 6.92 Å². The van der Waals surface area contributed by atoms with Gasteiger partial charge in [-0.05, 0) is 19.8 Å². The lowest BCUT2D eigenvalue weighted by molar-refractivity contribution is 0.508. The molecular formula is C11H13N3O2. The first kappa shape index (κ1) is 9.45. The molecule has 2 aromatic rings. The first-order valence-corrected chi connectivity index (χ1v) is 5.38. The second kappa shape index (κ2) is 3.10. The molecular weight excluding hydrogens is 206 g/mol. The Balaban J connectivity index is 2.10. The Kier molecular flexibility index (Phi) is 1.83. The smallest absolute Gasteiger partial charge is 0.277 e. The van der Waals surface area contributed by atoms with Gasteiger partial charge in [0.05, 0.1) is 6.20 Å². The van der Waals surface area contributed by atoms with Gasteiger partial charge < -0.3 is 4.42 Å². The monoisotopic (exact) mass is 219 g/mol. The van der Waals surface area contributed by atoms with Gasteiger partial charge in [-0.25, -0.2) is 4.98 Å². The summed E-state index contributed by atoms with van der Waals surface area (Å²) in [6.45, 7) is 1.86. The van der Waals surface area contributed by atoms with Crippen molar-refractivity contribution >= 4 is 0 Å². The van der Waals surface area contributed by atoms with E-state index in [1.54, 1.807) is 13.2 Å². The Labute approximate surface area is 92.1 Å². The van der Waals surface area contributed by atoms with Crippen molar-refractivity contribution in [3.63, 3.8) is 0 Å². The van der Waals surface area contributed by atoms with Crippen molar-refractivity contribution in [2.75, 3.05) is 0 Å². The second-order valence-electron chi connectivity index (χ2n) is 4.31. The standard InChI is InChI=1S/C11H13N3O2/c1-6-9(11(15)14(2)13-6)8-5-12-10(16-8)7-3-4-7/h5,7,13H,3-4H2,1-2H3. The van der Waals surface area contributed by atoms with Gasteiger partial charge in [-0.15, -0.1) is 0 Å². The Hall–Kier alpha value is -1.78. The zero-order valence-corrected chi connectivity index (χ0v) is 9.28. The molecule has 5 nitrogen and oxygen atoms in total. The first-order valence-electron chi connectivity index (χ1n) is 5.38. The zero-order valence-electron chi connectivity index (χ0n) is 9.28. The van der Waals surface area contributed by atoms with Gasteiger partial charge in [0, 0.05) is 18.7 Å². The molecule has 0 radical (unpaired) electrons. The average molecular weight is 219 g/mol. The molecule has 0 saturated heterocycles. The van der Waals surface area contributed by atoms with E-state index in [1.165, 1.54) is 4.68 Å². The van der Waals surface area contributed by atoms with Gasteiger partial charge in [-0.2, -0.15) is 0 Å². The summed E-state index contributed by atoms with van der Waals surface area (Å²) in [7, 11) is 1.69. The van der Waals surface area contributed by atoms with E-state index in [-0.39, 0.29) is 5.56 Å². The van der Waals surface area contributed by atoms with Crippen molar-refractivity contribution in [3.8, 4) is 11.3 Å². The van der Waals surface area contributed by atoms with Crippen LogP contribution in [0.2, 0.25) is 0 Å². The highest BCUT2D eigenvalue weighted by Crippen LogP contribution is 2.40. The van der Waals surface area contributed by atoms with E-state index >= 15 is 0 Å². The highest BCUT2D eigenvalue weighted by Gasteiger charge is 2.29. The van der Waals surface area contributed by atoms with Crippen molar-refractivity contribution in [3.05, 3.63) is 28.1 Å². The number of nitrogens with one attached hydrogen (secondary N) is 1. The molecule has 1 fully saturated rings. The largest absolute Gasteiger partial charge is 0.440 e. The van der Waals surface area contributed by atoms with Crippen LogP contribution in [0.15, 0.2) is 15.4 Å². The van der Waals surface area contributed by atoms with Crippen LogP contribution in [0.1, 0.15) is 30.3 Å². The summed E-state index contributed by atoms with van der Waals surface area (Å²) < 4.78 is 7.07. The maximum Gasteiger partial charge on any atom is 0.277 e. The SMILES string of the molecule is Cc1[nH]n(C)c(=O)c1-c1cnc(C2CC2)o1. The molecule has 0 spiro atoms. The van der Waals surface area contributed by atoms with E-state index in [0.29, 0.717) is 17.2 Å². The third-order valence-electron chi connectivity index (χ3n) is 2.93. The molecule has 16 heavy (non-hydrogen) atoms. The van der Waals surface area contributed by atoms with Gasteiger partial charge in [0.15, 0.2) is 11.7 Å². The van der Waals surface area contributed by atoms with Crippen LogP contribution < -0.4 is 5.56 Å². The van der Waals surface area contributed by atoms with E-state index in [2.05, 4.69) is 10.1 Å². The minimum atomic E-state index is -0.0732. The summed E-state index contributed by atoms with van der Waals surface area (Å²) in [6, 6.07) is 0.